The summed E-state index contributed by atoms with van der Waals surface area (Å²) < 4.78 is 10.9. The molecule has 2 aliphatic rings. The van der Waals surface area contributed by atoms with E-state index in [9.17, 15) is 4.79 Å². The van der Waals surface area contributed by atoms with E-state index < -0.39 is 0 Å². The van der Waals surface area contributed by atoms with E-state index in [1.807, 2.05) is 11.4 Å². The number of hydrogen-bond acceptors (Lipinski definition) is 8. The molecule has 8 nitrogen and oxygen atoms in total. The minimum atomic E-state index is -0.0913. The molecule has 1 aromatic heterocycles. The van der Waals surface area contributed by atoms with Crippen LogP contribution in [0.3, 0.4) is 0 Å². The molecule has 0 saturated carbocycles. The zero-order valence-electron chi connectivity index (χ0n) is 20.0. The first kappa shape index (κ1) is 23.8. The van der Waals surface area contributed by atoms with Crippen molar-refractivity contribution in [2.24, 2.45) is 0 Å². The molecular formula is C24H35N5O3S. The number of aromatic nitrogens is 1. The zero-order chi connectivity index (χ0) is 23.4. The first-order valence-corrected chi connectivity index (χ1v) is 12.6. The highest BCUT2D eigenvalue weighted by Gasteiger charge is 2.22. The van der Waals surface area contributed by atoms with Crippen molar-refractivity contribution in [3.8, 4) is 11.5 Å². The van der Waals surface area contributed by atoms with Gasteiger partial charge in [0.15, 0.2) is 16.6 Å². The summed E-state index contributed by atoms with van der Waals surface area (Å²) in [5, 5.41) is 5.82. The number of nitrogens with one attached hydrogen (secondary N) is 1. The zero-order valence-corrected chi connectivity index (χ0v) is 20.9. The molecule has 0 radical (unpaired) electrons. The Labute approximate surface area is 200 Å². The lowest BCUT2D eigenvalue weighted by atomic mass is 10.1. The van der Waals surface area contributed by atoms with Gasteiger partial charge in [0, 0.05) is 63.3 Å². The molecule has 9 heteroatoms. The highest BCUT2D eigenvalue weighted by atomic mass is 32.1. The second-order valence-corrected chi connectivity index (χ2v) is 9.98. The maximum Gasteiger partial charge on any atom is 0.270 e. The summed E-state index contributed by atoms with van der Waals surface area (Å²) >= 11 is 1.55. The second-order valence-electron chi connectivity index (χ2n) is 9.15. The average Bonchev–Trinajstić information content (AvgIpc) is 3.46. The maximum atomic E-state index is 12.6. The van der Waals surface area contributed by atoms with Gasteiger partial charge >= 0.3 is 0 Å². The molecule has 1 aromatic carbocycles. The minimum Gasteiger partial charge on any atom is -0.454 e. The summed E-state index contributed by atoms with van der Waals surface area (Å²) in [6.45, 7) is 15.1. The Morgan fingerprint density at radius 3 is 2.58 bits per heavy atom. The predicted octanol–water partition coefficient (Wildman–Crippen LogP) is 3.04. The number of rotatable bonds is 9. The van der Waals surface area contributed by atoms with Crippen LogP contribution in [0.1, 0.15) is 43.7 Å². The molecule has 0 spiro atoms. The molecule has 1 fully saturated rings. The van der Waals surface area contributed by atoms with Gasteiger partial charge in [0.2, 0.25) is 6.79 Å². The van der Waals surface area contributed by atoms with Crippen LogP contribution >= 0.6 is 11.3 Å². The maximum absolute atomic E-state index is 12.6. The topological polar surface area (TPSA) is 70.2 Å². The number of thiazole rings is 1. The molecule has 0 atom stereocenters. The van der Waals surface area contributed by atoms with E-state index in [1.165, 1.54) is 5.56 Å². The summed E-state index contributed by atoms with van der Waals surface area (Å²) in [4.78, 5) is 24.3. The standard InChI is InChI=1S/C24H35N5O3S/c1-17(2)29(18(3)4)8-7-25-23(30)20-15-33-24(26-20)28-11-9-27(10-12-28)14-19-5-6-21-22(13-19)32-16-31-21/h5-6,13,15,17-18H,7-12,14,16H2,1-4H3,(H,25,30). The van der Waals surface area contributed by atoms with Crippen molar-refractivity contribution < 1.29 is 14.3 Å². The van der Waals surface area contributed by atoms with Crippen molar-refractivity contribution in [1.82, 2.24) is 20.1 Å². The second kappa shape index (κ2) is 10.7. The van der Waals surface area contributed by atoms with Crippen LogP contribution in [0.2, 0.25) is 0 Å². The molecule has 0 unspecified atom stereocenters. The fourth-order valence-electron chi connectivity index (χ4n) is 4.41. The quantitative estimate of drug-likeness (QED) is 0.600. The highest BCUT2D eigenvalue weighted by Crippen LogP contribution is 2.33. The summed E-state index contributed by atoms with van der Waals surface area (Å²) in [5.74, 6) is 1.57. The molecule has 1 amide bonds. The lowest BCUT2D eigenvalue weighted by molar-refractivity contribution is 0.0935. The molecule has 3 heterocycles. The van der Waals surface area contributed by atoms with Crippen molar-refractivity contribution in [2.45, 2.75) is 46.3 Å². The van der Waals surface area contributed by atoms with Crippen molar-refractivity contribution in [3.05, 3.63) is 34.8 Å². The van der Waals surface area contributed by atoms with Crippen LogP contribution in [-0.2, 0) is 6.54 Å². The molecule has 1 N–H and O–H groups in total. The molecule has 33 heavy (non-hydrogen) atoms. The number of carbonyl (C=O) groups excluding carboxylic acids is 1. The van der Waals surface area contributed by atoms with Crippen LogP contribution in [0.5, 0.6) is 11.5 Å². The fourth-order valence-corrected chi connectivity index (χ4v) is 5.27. The molecule has 2 aromatic rings. The summed E-state index contributed by atoms with van der Waals surface area (Å²) in [6.07, 6.45) is 0. The van der Waals surface area contributed by atoms with Gasteiger partial charge in [-0.05, 0) is 45.4 Å². The van der Waals surface area contributed by atoms with E-state index >= 15 is 0 Å². The SMILES string of the molecule is CC(C)N(CCNC(=O)c1csc(N2CCN(Cc3ccc4c(c3)OCO4)CC2)n1)C(C)C. The van der Waals surface area contributed by atoms with E-state index in [1.54, 1.807) is 11.3 Å². The Hall–Kier alpha value is -2.36. The number of amides is 1. The van der Waals surface area contributed by atoms with Crippen LogP contribution in [0.15, 0.2) is 23.6 Å². The van der Waals surface area contributed by atoms with Gasteiger partial charge in [0.05, 0.1) is 0 Å². The van der Waals surface area contributed by atoms with E-state index in [-0.39, 0.29) is 5.91 Å². The van der Waals surface area contributed by atoms with Gasteiger partial charge in [-0.25, -0.2) is 4.98 Å². The van der Waals surface area contributed by atoms with Crippen molar-refractivity contribution >= 4 is 22.4 Å². The summed E-state index contributed by atoms with van der Waals surface area (Å²) in [6, 6.07) is 7.07. The number of anilines is 1. The summed E-state index contributed by atoms with van der Waals surface area (Å²) in [5.41, 5.74) is 1.74. The number of piperazine rings is 1. The van der Waals surface area contributed by atoms with E-state index in [0.717, 1.165) is 55.9 Å². The average molecular weight is 474 g/mol. The highest BCUT2D eigenvalue weighted by molar-refractivity contribution is 7.13. The number of ether oxygens (including phenoxy) is 2. The number of nitrogens with zero attached hydrogens (tertiary/aromatic N) is 4. The van der Waals surface area contributed by atoms with Crippen molar-refractivity contribution in [1.29, 1.82) is 0 Å². The Morgan fingerprint density at radius 1 is 1.12 bits per heavy atom. The van der Waals surface area contributed by atoms with Gasteiger partial charge in [0.1, 0.15) is 5.69 Å². The smallest absolute Gasteiger partial charge is 0.270 e. The molecular weight excluding hydrogens is 438 g/mol. The normalized spacial score (nSPS) is 16.3. The van der Waals surface area contributed by atoms with Gasteiger partial charge in [-0.15, -0.1) is 11.3 Å². The summed E-state index contributed by atoms with van der Waals surface area (Å²) in [7, 11) is 0. The van der Waals surface area contributed by atoms with E-state index in [2.05, 4.69) is 64.8 Å². The molecule has 2 aliphatic heterocycles. The first-order chi connectivity index (χ1) is 15.9. The Balaban J connectivity index is 1.23. The fraction of sp³-hybridized carbons (Fsp3) is 0.583. The largest absolute Gasteiger partial charge is 0.454 e. The molecule has 180 valence electrons. The Kier molecular flexibility index (Phi) is 7.72. The Morgan fingerprint density at radius 2 is 1.85 bits per heavy atom. The van der Waals surface area contributed by atoms with Crippen molar-refractivity contribution in [2.75, 3.05) is 51.0 Å². The van der Waals surface area contributed by atoms with Crippen molar-refractivity contribution in [3.63, 3.8) is 0 Å². The molecule has 0 aliphatic carbocycles. The van der Waals surface area contributed by atoms with E-state index in [4.69, 9.17) is 9.47 Å². The number of fused-ring (bicyclic) bond motifs is 1. The molecule has 0 bridgehead atoms. The monoisotopic (exact) mass is 473 g/mol. The first-order valence-electron chi connectivity index (χ1n) is 11.8. The third-order valence-corrected chi connectivity index (χ3v) is 7.09. The van der Waals surface area contributed by atoms with Gasteiger partial charge in [-0.2, -0.15) is 0 Å². The number of benzene rings is 1. The van der Waals surface area contributed by atoms with Crippen LogP contribution in [-0.4, -0.2) is 78.8 Å². The van der Waals surface area contributed by atoms with Gasteiger partial charge in [-0.1, -0.05) is 6.07 Å². The number of carbonyl (C=O) groups is 1. The van der Waals surface area contributed by atoms with Gasteiger partial charge in [-0.3, -0.25) is 14.6 Å². The Bertz CT molecular complexity index is 932. The van der Waals surface area contributed by atoms with Crippen LogP contribution in [0, 0.1) is 0 Å². The predicted molar refractivity (Wildman–Crippen MR) is 131 cm³/mol. The number of hydrogen-bond donors (Lipinski definition) is 1. The van der Waals surface area contributed by atoms with Gasteiger partial charge < -0.3 is 19.7 Å². The third kappa shape index (κ3) is 5.96. The van der Waals surface area contributed by atoms with Crippen LogP contribution < -0.4 is 19.7 Å². The lowest BCUT2D eigenvalue weighted by Crippen LogP contribution is -2.46. The third-order valence-electron chi connectivity index (χ3n) is 6.19. The van der Waals surface area contributed by atoms with Gasteiger partial charge in [0.25, 0.3) is 5.91 Å². The molecule has 1 saturated heterocycles. The molecule has 4 rings (SSSR count). The van der Waals surface area contributed by atoms with E-state index in [0.29, 0.717) is 31.1 Å². The lowest BCUT2D eigenvalue weighted by Gasteiger charge is -2.34. The van der Waals surface area contributed by atoms with Crippen LogP contribution in [0.4, 0.5) is 5.13 Å². The minimum absolute atomic E-state index is 0.0913. The van der Waals surface area contributed by atoms with Crippen LogP contribution in [0.25, 0.3) is 0 Å².